The second-order valence-corrected chi connectivity index (χ2v) is 6.02. The number of benzene rings is 1. The lowest BCUT2D eigenvalue weighted by atomic mass is 9.97. The maximum atomic E-state index is 6.25. The number of halogens is 2. The van der Waals surface area contributed by atoms with E-state index in [0.29, 0.717) is 0 Å². The van der Waals surface area contributed by atoms with Gasteiger partial charge in [0.1, 0.15) is 6.10 Å². The van der Waals surface area contributed by atoms with Gasteiger partial charge < -0.3 is 15.0 Å². The summed E-state index contributed by atoms with van der Waals surface area (Å²) in [6, 6.07) is 6.03. The van der Waals surface area contributed by atoms with E-state index in [2.05, 4.69) is 23.2 Å². The average molecular weight is 317 g/mol. The van der Waals surface area contributed by atoms with E-state index in [0.717, 1.165) is 48.6 Å². The smallest absolute Gasteiger partial charge is 0.161 e. The Morgan fingerprint density at radius 1 is 1.35 bits per heavy atom. The molecule has 3 nitrogen and oxygen atoms in total. The lowest BCUT2D eigenvalue weighted by molar-refractivity contribution is 0.208. The van der Waals surface area contributed by atoms with Crippen molar-refractivity contribution in [2.75, 3.05) is 31.1 Å². The predicted molar refractivity (Wildman–Crippen MR) is 86.6 cm³/mol. The number of ether oxygens (including phenoxy) is 1. The summed E-state index contributed by atoms with van der Waals surface area (Å²) in [5, 5.41) is 4.15. The van der Waals surface area contributed by atoms with Gasteiger partial charge >= 0.3 is 0 Å². The second-order valence-electron chi connectivity index (χ2n) is 5.61. The Bertz CT molecular complexity index is 449. The third-order valence-corrected chi connectivity index (χ3v) is 4.32. The molecule has 0 amide bonds. The topological polar surface area (TPSA) is 24.5 Å². The van der Waals surface area contributed by atoms with Crippen molar-refractivity contribution in [3.63, 3.8) is 0 Å². The van der Waals surface area contributed by atoms with Crippen LogP contribution in [0.5, 0.6) is 5.75 Å². The molecule has 1 aromatic carbocycles. The van der Waals surface area contributed by atoms with E-state index in [4.69, 9.17) is 16.3 Å². The minimum atomic E-state index is 0. The zero-order chi connectivity index (χ0) is 13.2. The number of anilines is 1. The fourth-order valence-electron chi connectivity index (χ4n) is 3.06. The highest BCUT2D eigenvalue weighted by molar-refractivity contribution is 6.32. The first-order valence-corrected chi connectivity index (χ1v) is 7.52. The average Bonchev–Trinajstić information content (AvgIpc) is 2.41. The molecule has 1 atom stereocenters. The summed E-state index contributed by atoms with van der Waals surface area (Å²) in [5.74, 6) is 1.63. The largest absolute Gasteiger partial charge is 0.485 e. The molecule has 0 bridgehead atoms. The summed E-state index contributed by atoms with van der Waals surface area (Å²) in [6.45, 7) is 6.47. The molecular formula is C15H22Cl2N2O. The fraction of sp³-hybridized carbons (Fsp3) is 0.600. The van der Waals surface area contributed by atoms with E-state index in [9.17, 15) is 0 Å². The molecule has 1 saturated heterocycles. The molecule has 0 radical (unpaired) electrons. The fourth-order valence-corrected chi connectivity index (χ4v) is 3.27. The van der Waals surface area contributed by atoms with Crippen LogP contribution < -0.4 is 15.0 Å². The number of nitrogens with one attached hydrogen (secondary N) is 1. The van der Waals surface area contributed by atoms with Gasteiger partial charge in [-0.1, -0.05) is 17.7 Å². The van der Waals surface area contributed by atoms with E-state index in [1.165, 1.54) is 12.8 Å². The summed E-state index contributed by atoms with van der Waals surface area (Å²) in [5.41, 5.74) is 1.16. The van der Waals surface area contributed by atoms with Crippen LogP contribution in [-0.2, 0) is 0 Å². The molecule has 5 heteroatoms. The number of para-hydroxylation sites is 1. The molecule has 1 N–H and O–H groups in total. The van der Waals surface area contributed by atoms with E-state index >= 15 is 0 Å². The maximum absolute atomic E-state index is 6.25. The first kappa shape index (κ1) is 15.7. The van der Waals surface area contributed by atoms with Gasteiger partial charge in [-0.05, 0) is 50.9 Å². The molecule has 0 spiro atoms. The van der Waals surface area contributed by atoms with Crippen LogP contribution in [0.3, 0.4) is 0 Å². The van der Waals surface area contributed by atoms with Gasteiger partial charge in [0.25, 0.3) is 0 Å². The lowest BCUT2D eigenvalue weighted by Crippen LogP contribution is -2.43. The molecule has 2 aliphatic heterocycles. The standard InChI is InChI=1S/C15H21ClN2O.ClH/c1-11-9-18(10-12-5-7-17-8-6-12)14-4-2-3-13(16)15(14)19-11;/h2-4,11-12,17H,5-10H2,1H3;1H. The molecule has 0 aliphatic carbocycles. The van der Waals surface area contributed by atoms with Crippen LogP contribution in [-0.4, -0.2) is 32.3 Å². The molecule has 2 aliphatic rings. The zero-order valence-corrected chi connectivity index (χ0v) is 13.3. The third kappa shape index (κ3) is 3.33. The SMILES string of the molecule is CC1CN(CC2CCNCC2)c2cccc(Cl)c2O1.Cl. The van der Waals surface area contributed by atoms with Crippen LogP contribution in [0.2, 0.25) is 5.02 Å². The molecule has 112 valence electrons. The van der Waals surface area contributed by atoms with Crippen LogP contribution in [0, 0.1) is 5.92 Å². The molecule has 20 heavy (non-hydrogen) atoms. The van der Waals surface area contributed by atoms with Crippen LogP contribution in [0.15, 0.2) is 18.2 Å². The Morgan fingerprint density at radius 2 is 2.10 bits per heavy atom. The highest BCUT2D eigenvalue weighted by Gasteiger charge is 2.27. The van der Waals surface area contributed by atoms with Crippen molar-refractivity contribution in [3.05, 3.63) is 23.2 Å². The Labute approximate surface area is 132 Å². The van der Waals surface area contributed by atoms with E-state index in [1.54, 1.807) is 0 Å². The van der Waals surface area contributed by atoms with Gasteiger partial charge in [-0.3, -0.25) is 0 Å². The normalized spacial score (nSPS) is 22.7. The van der Waals surface area contributed by atoms with Crippen molar-refractivity contribution in [1.82, 2.24) is 5.32 Å². The van der Waals surface area contributed by atoms with Crippen LogP contribution in [0.25, 0.3) is 0 Å². The Hall–Kier alpha value is -0.640. The molecule has 2 heterocycles. The number of hydrogen-bond donors (Lipinski definition) is 1. The number of rotatable bonds is 2. The van der Waals surface area contributed by atoms with Gasteiger partial charge in [0.05, 0.1) is 17.3 Å². The minimum Gasteiger partial charge on any atom is -0.485 e. The van der Waals surface area contributed by atoms with E-state index in [1.807, 2.05) is 12.1 Å². The lowest BCUT2D eigenvalue weighted by Gasteiger charge is -2.38. The number of nitrogens with zero attached hydrogens (tertiary/aromatic N) is 1. The number of fused-ring (bicyclic) bond motifs is 1. The monoisotopic (exact) mass is 316 g/mol. The van der Waals surface area contributed by atoms with Crippen molar-refractivity contribution < 1.29 is 4.74 Å². The molecule has 1 aromatic rings. The minimum absolute atomic E-state index is 0. The number of piperidine rings is 1. The highest BCUT2D eigenvalue weighted by Crippen LogP contribution is 2.39. The predicted octanol–water partition coefficient (Wildman–Crippen LogP) is 3.35. The van der Waals surface area contributed by atoms with Gasteiger partial charge in [0, 0.05) is 6.54 Å². The maximum Gasteiger partial charge on any atom is 0.161 e. The Balaban J connectivity index is 0.00000147. The molecular weight excluding hydrogens is 295 g/mol. The van der Waals surface area contributed by atoms with Crippen LogP contribution >= 0.6 is 24.0 Å². The molecule has 3 rings (SSSR count). The van der Waals surface area contributed by atoms with Gasteiger partial charge in [0.15, 0.2) is 5.75 Å². The summed E-state index contributed by atoms with van der Waals surface area (Å²) in [6.07, 6.45) is 2.73. The summed E-state index contributed by atoms with van der Waals surface area (Å²) in [7, 11) is 0. The quantitative estimate of drug-likeness (QED) is 0.905. The third-order valence-electron chi connectivity index (χ3n) is 4.02. The number of hydrogen-bond acceptors (Lipinski definition) is 3. The first-order chi connectivity index (χ1) is 9.24. The Kier molecular flexibility index (Phi) is 5.42. The van der Waals surface area contributed by atoms with Crippen LogP contribution in [0.1, 0.15) is 19.8 Å². The van der Waals surface area contributed by atoms with E-state index in [-0.39, 0.29) is 18.5 Å². The molecule has 1 fully saturated rings. The molecule has 0 aromatic heterocycles. The van der Waals surface area contributed by atoms with Crippen molar-refractivity contribution in [2.24, 2.45) is 5.92 Å². The zero-order valence-electron chi connectivity index (χ0n) is 11.8. The summed E-state index contributed by atoms with van der Waals surface area (Å²) >= 11 is 6.25. The molecule has 0 saturated carbocycles. The summed E-state index contributed by atoms with van der Waals surface area (Å²) < 4.78 is 5.90. The van der Waals surface area contributed by atoms with Gasteiger partial charge in [0.2, 0.25) is 0 Å². The summed E-state index contributed by atoms with van der Waals surface area (Å²) in [4.78, 5) is 2.45. The highest BCUT2D eigenvalue weighted by atomic mass is 35.5. The van der Waals surface area contributed by atoms with Crippen molar-refractivity contribution >= 4 is 29.7 Å². The molecule has 1 unspecified atom stereocenters. The van der Waals surface area contributed by atoms with Gasteiger partial charge in [-0.2, -0.15) is 0 Å². The van der Waals surface area contributed by atoms with Crippen molar-refractivity contribution in [1.29, 1.82) is 0 Å². The Morgan fingerprint density at radius 3 is 2.85 bits per heavy atom. The van der Waals surface area contributed by atoms with Crippen molar-refractivity contribution in [3.8, 4) is 5.75 Å². The van der Waals surface area contributed by atoms with Gasteiger partial charge in [-0.25, -0.2) is 0 Å². The van der Waals surface area contributed by atoms with Gasteiger partial charge in [-0.15, -0.1) is 12.4 Å². The van der Waals surface area contributed by atoms with Crippen LogP contribution in [0.4, 0.5) is 5.69 Å². The van der Waals surface area contributed by atoms with E-state index < -0.39 is 0 Å². The second kappa shape index (κ2) is 6.88. The first-order valence-electron chi connectivity index (χ1n) is 7.15. The van der Waals surface area contributed by atoms with Crippen molar-refractivity contribution in [2.45, 2.75) is 25.9 Å².